The summed E-state index contributed by atoms with van der Waals surface area (Å²) in [6.07, 6.45) is 3.61. The molecule has 2 amide bonds. The first kappa shape index (κ1) is 21.8. The van der Waals surface area contributed by atoms with Crippen molar-refractivity contribution in [3.8, 4) is 5.69 Å². The van der Waals surface area contributed by atoms with Crippen molar-refractivity contribution in [3.63, 3.8) is 0 Å². The van der Waals surface area contributed by atoms with Crippen molar-refractivity contribution in [1.29, 1.82) is 0 Å². The van der Waals surface area contributed by atoms with E-state index in [1.54, 1.807) is 16.1 Å². The lowest BCUT2D eigenvalue weighted by Gasteiger charge is -2.38. The molecule has 0 bridgehead atoms. The van der Waals surface area contributed by atoms with Crippen molar-refractivity contribution in [1.82, 2.24) is 9.47 Å². The van der Waals surface area contributed by atoms with Gasteiger partial charge >= 0.3 is 0 Å². The molecule has 172 valence electrons. The fraction of sp³-hybridized carbons (Fsp3) is 0.214. The van der Waals surface area contributed by atoms with Crippen LogP contribution in [0.1, 0.15) is 47.3 Å². The van der Waals surface area contributed by atoms with Gasteiger partial charge in [-0.2, -0.15) is 0 Å². The third-order valence-electron chi connectivity index (χ3n) is 6.37. The smallest absolute Gasteiger partial charge is 0.254 e. The molecule has 0 aliphatic carbocycles. The largest absolute Gasteiger partial charge is 0.467 e. The van der Waals surface area contributed by atoms with Gasteiger partial charge in [0.15, 0.2) is 0 Å². The van der Waals surface area contributed by atoms with Crippen LogP contribution in [0.3, 0.4) is 0 Å². The van der Waals surface area contributed by atoms with Crippen LogP contribution in [0, 0.1) is 6.92 Å². The van der Waals surface area contributed by atoms with Gasteiger partial charge in [-0.1, -0.05) is 30.3 Å². The number of hydrogen-bond donors (Lipinski definition) is 0. The molecule has 0 fully saturated rings. The van der Waals surface area contributed by atoms with Crippen LogP contribution in [0.2, 0.25) is 0 Å². The predicted molar refractivity (Wildman–Crippen MR) is 131 cm³/mol. The second kappa shape index (κ2) is 8.71. The third-order valence-corrected chi connectivity index (χ3v) is 6.37. The van der Waals surface area contributed by atoms with E-state index in [0.717, 1.165) is 22.6 Å². The Kier molecular flexibility index (Phi) is 5.57. The Bertz CT molecular complexity index is 1340. The van der Waals surface area contributed by atoms with Crippen LogP contribution in [0.5, 0.6) is 0 Å². The molecule has 34 heavy (non-hydrogen) atoms. The van der Waals surface area contributed by atoms with Crippen molar-refractivity contribution >= 4 is 17.5 Å². The standard InChI is InChI=1S/C28H27N3O3/c1-19(2)30(28(33)21-11-5-4-10-20(21)3)18-26(32)31-23-13-7-6-12-22(23)29-16-8-14-24(29)27(31)25-15-9-17-34-25/h4-17,19,27H,18H2,1-3H3. The molecule has 1 atom stereocenters. The third kappa shape index (κ3) is 3.61. The van der Waals surface area contributed by atoms with Gasteiger partial charge in [-0.05, 0) is 68.8 Å². The van der Waals surface area contributed by atoms with E-state index in [1.165, 1.54) is 0 Å². The number of amides is 2. The van der Waals surface area contributed by atoms with Gasteiger partial charge < -0.3 is 13.9 Å². The lowest BCUT2D eigenvalue weighted by Crippen LogP contribution is -2.48. The number of fused-ring (bicyclic) bond motifs is 3. The minimum Gasteiger partial charge on any atom is -0.467 e. The van der Waals surface area contributed by atoms with Crippen LogP contribution in [0.25, 0.3) is 5.69 Å². The van der Waals surface area contributed by atoms with Gasteiger partial charge in [0.1, 0.15) is 18.3 Å². The minimum absolute atomic E-state index is 0.0446. The molecule has 1 aliphatic rings. The lowest BCUT2D eigenvalue weighted by atomic mass is 10.0. The summed E-state index contributed by atoms with van der Waals surface area (Å²) in [5.41, 5.74) is 4.13. The van der Waals surface area contributed by atoms with Crippen LogP contribution in [0.4, 0.5) is 5.69 Å². The first-order chi connectivity index (χ1) is 16.5. The van der Waals surface area contributed by atoms with Crippen LogP contribution in [0.15, 0.2) is 89.7 Å². The molecule has 1 aliphatic heterocycles. The first-order valence-corrected chi connectivity index (χ1v) is 11.5. The van der Waals surface area contributed by atoms with Gasteiger partial charge in [0.05, 0.1) is 23.3 Å². The summed E-state index contributed by atoms with van der Waals surface area (Å²) in [4.78, 5) is 30.9. The molecule has 0 spiro atoms. The van der Waals surface area contributed by atoms with Gasteiger partial charge in [0.25, 0.3) is 5.91 Å². The lowest BCUT2D eigenvalue weighted by molar-refractivity contribution is -0.120. The van der Waals surface area contributed by atoms with Crippen LogP contribution < -0.4 is 4.90 Å². The molecule has 0 radical (unpaired) electrons. The summed E-state index contributed by atoms with van der Waals surface area (Å²) in [5, 5.41) is 0. The molecule has 0 N–H and O–H groups in total. The number of para-hydroxylation sites is 2. The SMILES string of the molecule is Cc1ccccc1C(=O)N(CC(=O)N1c2ccccc2-n2cccc2C1c1ccco1)C(C)C. The summed E-state index contributed by atoms with van der Waals surface area (Å²) in [5.74, 6) is 0.353. The van der Waals surface area contributed by atoms with E-state index in [2.05, 4.69) is 4.57 Å². The summed E-state index contributed by atoms with van der Waals surface area (Å²) >= 11 is 0. The second-order valence-corrected chi connectivity index (χ2v) is 8.82. The fourth-order valence-electron chi connectivity index (χ4n) is 4.66. The van der Waals surface area contributed by atoms with E-state index >= 15 is 0 Å². The molecule has 2 aromatic heterocycles. The maximum absolute atomic E-state index is 14.0. The zero-order chi connectivity index (χ0) is 23.8. The molecule has 3 heterocycles. The summed E-state index contributed by atoms with van der Waals surface area (Å²) in [7, 11) is 0. The minimum atomic E-state index is -0.435. The highest BCUT2D eigenvalue weighted by Crippen LogP contribution is 2.42. The topological polar surface area (TPSA) is 58.7 Å². The summed E-state index contributed by atoms with van der Waals surface area (Å²) in [6.45, 7) is 5.73. The number of nitrogens with zero attached hydrogens (tertiary/aromatic N) is 3. The van der Waals surface area contributed by atoms with Gasteiger partial charge in [-0.25, -0.2) is 0 Å². The van der Waals surface area contributed by atoms with Crippen LogP contribution in [-0.2, 0) is 4.79 Å². The van der Waals surface area contributed by atoms with E-state index in [4.69, 9.17) is 4.42 Å². The van der Waals surface area contributed by atoms with E-state index in [1.807, 2.05) is 99.8 Å². The number of benzene rings is 2. The van der Waals surface area contributed by atoms with Gasteiger partial charge in [-0.15, -0.1) is 0 Å². The molecule has 4 aromatic rings. The number of carbonyl (C=O) groups is 2. The quantitative estimate of drug-likeness (QED) is 0.408. The number of furan rings is 1. The Labute approximate surface area is 199 Å². The van der Waals surface area contributed by atoms with Crippen molar-refractivity contribution in [2.24, 2.45) is 0 Å². The highest BCUT2D eigenvalue weighted by Gasteiger charge is 2.38. The molecule has 5 rings (SSSR count). The molecule has 2 aromatic carbocycles. The van der Waals surface area contributed by atoms with E-state index in [9.17, 15) is 9.59 Å². The molecule has 6 heteroatoms. The Morgan fingerprint density at radius 2 is 1.68 bits per heavy atom. The fourth-order valence-corrected chi connectivity index (χ4v) is 4.66. The Balaban J connectivity index is 1.56. The predicted octanol–water partition coefficient (Wildman–Crippen LogP) is 5.37. The average Bonchev–Trinajstić information content (AvgIpc) is 3.54. The first-order valence-electron chi connectivity index (χ1n) is 11.5. The number of carbonyl (C=O) groups excluding carboxylic acids is 2. The number of aromatic nitrogens is 1. The van der Waals surface area contributed by atoms with Crippen molar-refractivity contribution < 1.29 is 14.0 Å². The van der Waals surface area contributed by atoms with Crippen molar-refractivity contribution in [2.75, 3.05) is 11.4 Å². The number of rotatable bonds is 5. The molecular formula is C28H27N3O3. The van der Waals surface area contributed by atoms with Crippen molar-refractivity contribution in [2.45, 2.75) is 32.9 Å². The highest BCUT2D eigenvalue weighted by atomic mass is 16.3. The zero-order valence-corrected chi connectivity index (χ0v) is 19.5. The Hall–Kier alpha value is -4.06. The molecular weight excluding hydrogens is 426 g/mol. The number of hydrogen-bond acceptors (Lipinski definition) is 3. The monoisotopic (exact) mass is 453 g/mol. The maximum atomic E-state index is 14.0. The number of aryl methyl sites for hydroxylation is 1. The Morgan fingerprint density at radius 3 is 2.38 bits per heavy atom. The maximum Gasteiger partial charge on any atom is 0.254 e. The average molecular weight is 454 g/mol. The molecule has 1 unspecified atom stereocenters. The van der Waals surface area contributed by atoms with Gasteiger partial charge in [0, 0.05) is 17.8 Å². The summed E-state index contributed by atoms with van der Waals surface area (Å²) < 4.78 is 7.88. The second-order valence-electron chi connectivity index (χ2n) is 8.82. The van der Waals surface area contributed by atoms with E-state index in [-0.39, 0.29) is 24.4 Å². The van der Waals surface area contributed by atoms with Gasteiger partial charge in [-0.3, -0.25) is 14.5 Å². The summed E-state index contributed by atoms with van der Waals surface area (Å²) in [6, 6.07) is 22.4. The normalized spacial score (nSPS) is 14.6. The number of anilines is 1. The zero-order valence-electron chi connectivity index (χ0n) is 19.5. The van der Waals surface area contributed by atoms with Gasteiger partial charge in [0.2, 0.25) is 5.91 Å². The van der Waals surface area contributed by atoms with E-state index < -0.39 is 6.04 Å². The highest BCUT2D eigenvalue weighted by molar-refractivity contribution is 6.03. The Morgan fingerprint density at radius 1 is 0.941 bits per heavy atom. The molecule has 6 nitrogen and oxygen atoms in total. The van der Waals surface area contributed by atoms with Crippen LogP contribution >= 0.6 is 0 Å². The molecule has 0 saturated carbocycles. The van der Waals surface area contributed by atoms with Crippen molar-refractivity contribution in [3.05, 3.63) is 108 Å². The van der Waals surface area contributed by atoms with E-state index in [0.29, 0.717) is 11.3 Å². The molecule has 0 saturated heterocycles. The van der Waals surface area contributed by atoms with Crippen LogP contribution in [-0.4, -0.2) is 33.9 Å².